The zero-order valence-electron chi connectivity index (χ0n) is 21.7. The van der Waals surface area contributed by atoms with Crippen molar-refractivity contribution >= 4 is 6.03 Å². The van der Waals surface area contributed by atoms with Crippen molar-refractivity contribution in [1.82, 2.24) is 14.7 Å². The Morgan fingerprint density at radius 2 is 1.36 bits per heavy atom. The van der Waals surface area contributed by atoms with Crippen molar-refractivity contribution in [3.63, 3.8) is 0 Å². The summed E-state index contributed by atoms with van der Waals surface area (Å²) in [5, 5.41) is 0. The summed E-state index contributed by atoms with van der Waals surface area (Å²) in [5.74, 6) is 0.835. The summed E-state index contributed by atoms with van der Waals surface area (Å²) in [5.41, 5.74) is 3.52. The van der Waals surface area contributed by atoms with Crippen LogP contribution >= 0.6 is 0 Å². The Morgan fingerprint density at radius 3 is 1.94 bits per heavy atom. The molecule has 0 aromatic heterocycles. The van der Waals surface area contributed by atoms with Gasteiger partial charge in [0.15, 0.2) is 0 Å². The van der Waals surface area contributed by atoms with Gasteiger partial charge in [0, 0.05) is 25.2 Å². The molecule has 188 valence electrons. The molecule has 2 amide bonds. The van der Waals surface area contributed by atoms with Crippen LogP contribution < -0.4 is 4.74 Å². The molecule has 3 aromatic rings. The zero-order valence-corrected chi connectivity index (χ0v) is 21.7. The summed E-state index contributed by atoms with van der Waals surface area (Å²) < 4.78 is 5.32. The second-order valence-corrected chi connectivity index (χ2v) is 10.6. The molecular formula is C31H37N3O2. The number of hydrogen-bond acceptors (Lipinski definition) is 3. The van der Waals surface area contributed by atoms with Crippen LogP contribution in [0.3, 0.4) is 0 Å². The van der Waals surface area contributed by atoms with Crippen LogP contribution in [0, 0.1) is 0 Å². The normalized spacial score (nSPS) is 24.1. The van der Waals surface area contributed by atoms with Crippen LogP contribution in [0.15, 0.2) is 84.9 Å². The van der Waals surface area contributed by atoms with Gasteiger partial charge in [0.1, 0.15) is 5.75 Å². The highest BCUT2D eigenvalue weighted by Gasteiger charge is 2.54. The van der Waals surface area contributed by atoms with Gasteiger partial charge in [0.05, 0.1) is 12.6 Å². The molecule has 1 aliphatic heterocycles. The Hall–Kier alpha value is -3.31. The third-order valence-electron chi connectivity index (χ3n) is 8.45. The molecule has 0 N–H and O–H groups in total. The minimum Gasteiger partial charge on any atom is -0.497 e. The summed E-state index contributed by atoms with van der Waals surface area (Å²) in [6.07, 6.45) is 4.02. The van der Waals surface area contributed by atoms with Crippen molar-refractivity contribution in [2.75, 3.05) is 27.7 Å². The third kappa shape index (κ3) is 4.48. The molecule has 0 unspecified atom stereocenters. The number of carbonyl (C=O) groups is 1. The van der Waals surface area contributed by atoms with Gasteiger partial charge in [0.2, 0.25) is 0 Å². The fourth-order valence-corrected chi connectivity index (χ4v) is 6.26. The Morgan fingerprint density at radius 1 is 0.778 bits per heavy atom. The molecular weight excluding hydrogens is 446 g/mol. The predicted molar refractivity (Wildman–Crippen MR) is 144 cm³/mol. The molecule has 3 aromatic carbocycles. The quantitative estimate of drug-likeness (QED) is 0.420. The highest BCUT2D eigenvalue weighted by Crippen LogP contribution is 2.49. The van der Waals surface area contributed by atoms with E-state index in [0.29, 0.717) is 13.1 Å². The van der Waals surface area contributed by atoms with Gasteiger partial charge < -0.3 is 14.5 Å². The molecule has 1 saturated carbocycles. The molecule has 5 rings (SSSR count). The molecule has 2 aliphatic rings. The fraction of sp³-hybridized carbons (Fsp3) is 0.387. The highest BCUT2D eigenvalue weighted by atomic mass is 16.5. The number of nitrogens with zero attached hydrogens (tertiary/aromatic N) is 3. The van der Waals surface area contributed by atoms with Crippen molar-refractivity contribution < 1.29 is 9.53 Å². The van der Waals surface area contributed by atoms with Crippen LogP contribution in [0.25, 0.3) is 0 Å². The number of carbonyl (C=O) groups excluding carboxylic acids is 1. The largest absolute Gasteiger partial charge is 0.497 e. The average Bonchev–Trinajstić information content (AvgIpc) is 3.16. The molecule has 2 fully saturated rings. The van der Waals surface area contributed by atoms with E-state index in [2.05, 4.69) is 95.5 Å². The highest BCUT2D eigenvalue weighted by molar-refractivity contribution is 5.78. The number of rotatable bonds is 7. The monoisotopic (exact) mass is 483 g/mol. The van der Waals surface area contributed by atoms with Gasteiger partial charge in [-0.2, -0.15) is 0 Å². The van der Waals surface area contributed by atoms with Crippen LogP contribution in [-0.4, -0.2) is 54.0 Å². The summed E-state index contributed by atoms with van der Waals surface area (Å²) in [7, 11) is 6.07. The lowest BCUT2D eigenvalue weighted by atomic mass is 9.68. The number of hydrogen-bond donors (Lipinski definition) is 0. The number of urea groups is 1. The molecule has 0 bridgehead atoms. The van der Waals surface area contributed by atoms with E-state index >= 15 is 0 Å². The van der Waals surface area contributed by atoms with E-state index < -0.39 is 0 Å². The Bertz CT molecular complexity index is 1150. The van der Waals surface area contributed by atoms with Crippen molar-refractivity contribution in [3.05, 3.63) is 102 Å². The molecule has 0 radical (unpaired) electrons. The van der Waals surface area contributed by atoms with E-state index in [1.165, 1.54) is 11.1 Å². The second-order valence-electron chi connectivity index (χ2n) is 10.6. The van der Waals surface area contributed by atoms with E-state index in [0.717, 1.165) is 43.5 Å². The number of benzene rings is 3. The first-order chi connectivity index (χ1) is 17.5. The van der Waals surface area contributed by atoms with Crippen molar-refractivity contribution in [2.24, 2.45) is 0 Å². The van der Waals surface area contributed by atoms with Crippen LogP contribution in [0.4, 0.5) is 4.79 Å². The lowest BCUT2D eigenvalue weighted by Gasteiger charge is -2.51. The van der Waals surface area contributed by atoms with E-state index in [-0.39, 0.29) is 17.1 Å². The van der Waals surface area contributed by atoms with Crippen molar-refractivity contribution in [2.45, 2.75) is 49.9 Å². The lowest BCUT2D eigenvalue weighted by Crippen LogP contribution is -2.55. The first kappa shape index (κ1) is 24.4. The van der Waals surface area contributed by atoms with Gasteiger partial charge in [-0.3, -0.25) is 4.90 Å². The van der Waals surface area contributed by atoms with E-state index in [1.54, 1.807) is 7.11 Å². The van der Waals surface area contributed by atoms with Gasteiger partial charge in [-0.1, -0.05) is 72.8 Å². The van der Waals surface area contributed by atoms with Crippen LogP contribution in [0.5, 0.6) is 5.75 Å². The maximum absolute atomic E-state index is 13.9. The lowest BCUT2D eigenvalue weighted by molar-refractivity contribution is 0.0221. The van der Waals surface area contributed by atoms with Crippen molar-refractivity contribution in [3.8, 4) is 5.75 Å². The zero-order chi connectivity index (χ0) is 25.2. The predicted octanol–water partition coefficient (Wildman–Crippen LogP) is 5.90. The van der Waals surface area contributed by atoms with Gasteiger partial charge in [-0.15, -0.1) is 0 Å². The minimum absolute atomic E-state index is 0.00260. The Labute approximate surface area is 215 Å². The van der Waals surface area contributed by atoms with Gasteiger partial charge in [-0.25, -0.2) is 4.79 Å². The van der Waals surface area contributed by atoms with Gasteiger partial charge in [-0.05, 0) is 68.6 Å². The molecule has 36 heavy (non-hydrogen) atoms. The number of ether oxygens (including phenoxy) is 1. The summed E-state index contributed by atoms with van der Waals surface area (Å²) >= 11 is 0. The third-order valence-corrected chi connectivity index (χ3v) is 8.45. The molecule has 5 heteroatoms. The molecule has 1 aliphatic carbocycles. The topological polar surface area (TPSA) is 36.0 Å². The number of methoxy groups -OCH3 is 1. The van der Waals surface area contributed by atoms with E-state index in [4.69, 9.17) is 4.74 Å². The van der Waals surface area contributed by atoms with Gasteiger partial charge in [0.25, 0.3) is 0 Å². The maximum atomic E-state index is 13.9. The van der Waals surface area contributed by atoms with E-state index in [9.17, 15) is 4.79 Å². The number of amides is 2. The Balaban J connectivity index is 1.43. The van der Waals surface area contributed by atoms with Crippen LogP contribution in [0.2, 0.25) is 0 Å². The standard InChI is InChI=1S/C31H37N3O2/c1-32(2)31(27-12-8-5-9-13-27)20-18-30(19-21-31)24-33(22-26-14-16-28(36-3)17-15-26)29(35)34(30)23-25-10-6-4-7-11-25/h4-17H,18-24H2,1-3H3/t30-,31+. The molecule has 1 spiro atoms. The summed E-state index contributed by atoms with van der Waals surface area (Å²) in [6.45, 7) is 2.04. The molecule has 1 heterocycles. The van der Waals surface area contributed by atoms with E-state index in [1.807, 2.05) is 18.2 Å². The van der Waals surface area contributed by atoms with Gasteiger partial charge >= 0.3 is 6.03 Å². The molecule has 1 saturated heterocycles. The Kier molecular flexibility index (Phi) is 6.76. The summed E-state index contributed by atoms with van der Waals surface area (Å²) in [6, 6.07) is 29.5. The van der Waals surface area contributed by atoms with Crippen LogP contribution in [-0.2, 0) is 18.6 Å². The average molecular weight is 484 g/mol. The minimum atomic E-state index is -0.159. The summed E-state index contributed by atoms with van der Waals surface area (Å²) in [4.78, 5) is 20.5. The fourth-order valence-electron chi connectivity index (χ4n) is 6.26. The molecule has 5 nitrogen and oxygen atoms in total. The smallest absolute Gasteiger partial charge is 0.321 e. The first-order valence-corrected chi connectivity index (χ1v) is 12.9. The second kappa shape index (κ2) is 9.98. The maximum Gasteiger partial charge on any atom is 0.321 e. The van der Waals surface area contributed by atoms with Crippen molar-refractivity contribution in [1.29, 1.82) is 0 Å². The SMILES string of the molecule is COc1ccc(CN2C[C@]3(CC[C@](c4ccccc4)(N(C)C)CC3)N(Cc3ccccc3)C2=O)cc1. The first-order valence-electron chi connectivity index (χ1n) is 12.9. The molecule has 0 atom stereocenters. The van der Waals surface area contributed by atoms with Crippen LogP contribution in [0.1, 0.15) is 42.4 Å².